The highest BCUT2D eigenvalue weighted by Crippen LogP contribution is 2.13. The van der Waals surface area contributed by atoms with Crippen LogP contribution in [0.15, 0.2) is 51.6 Å². The van der Waals surface area contributed by atoms with E-state index in [4.69, 9.17) is 16.6 Å². The number of thiocarbonyl (C=S) groups is 1. The minimum Gasteiger partial charge on any atom is -0.467 e. The van der Waals surface area contributed by atoms with E-state index in [1.165, 1.54) is 0 Å². The van der Waals surface area contributed by atoms with E-state index in [2.05, 4.69) is 26.6 Å². The molecule has 0 aliphatic heterocycles. The summed E-state index contributed by atoms with van der Waals surface area (Å²) in [6.45, 7) is 0.388. The van der Waals surface area contributed by atoms with Crippen LogP contribution in [0.2, 0.25) is 0 Å². The van der Waals surface area contributed by atoms with Crippen molar-refractivity contribution in [3.05, 3.63) is 52.9 Å². The van der Waals surface area contributed by atoms with Gasteiger partial charge in [0.25, 0.3) is 5.91 Å². The van der Waals surface area contributed by atoms with Crippen LogP contribution in [0.4, 0.5) is 5.69 Å². The maximum atomic E-state index is 11.8. The van der Waals surface area contributed by atoms with Gasteiger partial charge >= 0.3 is 0 Å². The van der Waals surface area contributed by atoms with E-state index in [0.29, 0.717) is 12.2 Å². The van der Waals surface area contributed by atoms with Gasteiger partial charge in [-0.25, -0.2) is 0 Å². The number of rotatable bonds is 3. The fourth-order valence-corrected chi connectivity index (χ4v) is 1.77. The second-order valence-electron chi connectivity index (χ2n) is 3.72. The van der Waals surface area contributed by atoms with Crippen molar-refractivity contribution in [3.63, 3.8) is 0 Å². The van der Waals surface area contributed by atoms with Crippen LogP contribution in [0.1, 0.15) is 5.76 Å². The molecule has 0 aliphatic rings. The zero-order valence-corrected chi connectivity index (χ0v) is 12.3. The lowest BCUT2D eigenvalue weighted by atomic mass is 10.3. The molecule has 0 bridgehead atoms. The number of carbonyl (C=O) groups is 1. The lowest BCUT2D eigenvalue weighted by Gasteiger charge is -2.07. The molecule has 6 heteroatoms. The van der Waals surface area contributed by atoms with E-state index in [9.17, 15) is 4.79 Å². The minimum absolute atomic E-state index is 0.124. The van der Waals surface area contributed by atoms with E-state index in [0.717, 1.165) is 10.2 Å². The Kier molecular flexibility index (Phi) is 4.70. The summed E-state index contributed by atoms with van der Waals surface area (Å²) in [7, 11) is 0. The predicted molar refractivity (Wildman–Crippen MR) is 80.9 cm³/mol. The van der Waals surface area contributed by atoms with Gasteiger partial charge in [0.2, 0.25) is 0 Å². The van der Waals surface area contributed by atoms with Gasteiger partial charge in [0.05, 0.1) is 12.8 Å². The van der Waals surface area contributed by atoms with Crippen LogP contribution in [0, 0.1) is 0 Å². The number of hydrogen-bond donors (Lipinski definition) is 2. The SMILES string of the molecule is O=C(Nc1ccc(Br)cc1)C(=S)NCc1ccco1. The van der Waals surface area contributed by atoms with Gasteiger partial charge in [0, 0.05) is 10.2 Å². The van der Waals surface area contributed by atoms with Crippen LogP contribution in [0.5, 0.6) is 0 Å². The van der Waals surface area contributed by atoms with Crippen molar-refractivity contribution in [2.45, 2.75) is 6.54 Å². The maximum absolute atomic E-state index is 11.8. The summed E-state index contributed by atoms with van der Waals surface area (Å²) in [6, 6.07) is 10.8. The van der Waals surface area contributed by atoms with Crippen LogP contribution >= 0.6 is 28.1 Å². The summed E-state index contributed by atoms with van der Waals surface area (Å²) in [5, 5.41) is 5.54. The first-order valence-corrected chi connectivity index (χ1v) is 6.72. The first kappa shape index (κ1) is 13.8. The Morgan fingerprint density at radius 1 is 1.26 bits per heavy atom. The lowest BCUT2D eigenvalue weighted by Crippen LogP contribution is -2.33. The second kappa shape index (κ2) is 6.49. The smallest absolute Gasteiger partial charge is 0.283 e. The Bertz CT molecular complexity index is 567. The van der Waals surface area contributed by atoms with E-state index >= 15 is 0 Å². The molecule has 0 saturated heterocycles. The van der Waals surface area contributed by atoms with E-state index in [1.54, 1.807) is 24.5 Å². The molecule has 2 aromatic rings. The number of furan rings is 1. The quantitative estimate of drug-likeness (QED) is 0.844. The zero-order chi connectivity index (χ0) is 13.7. The fraction of sp³-hybridized carbons (Fsp3) is 0.0769. The molecule has 1 aromatic heterocycles. The Balaban J connectivity index is 1.85. The van der Waals surface area contributed by atoms with Gasteiger partial charge in [-0.05, 0) is 36.4 Å². The summed E-state index contributed by atoms with van der Waals surface area (Å²) in [6.07, 6.45) is 1.57. The Morgan fingerprint density at radius 3 is 2.63 bits per heavy atom. The average Bonchev–Trinajstić information content (AvgIpc) is 2.91. The third-order valence-electron chi connectivity index (χ3n) is 2.31. The number of anilines is 1. The third-order valence-corrected chi connectivity index (χ3v) is 3.17. The third kappa shape index (κ3) is 4.18. The lowest BCUT2D eigenvalue weighted by molar-refractivity contribution is -0.110. The number of nitrogens with one attached hydrogen (secondary N) is 2. The molecule has 1 amide bonds. The van der Waals surface area contributed by atoms with Crippen LogP contribution in [-0.4, -0.2) is 10.9 Å². The largest absolute Gasteiger partial charge is 0.467 e. The molecule has 0 atom stereocenters. The Labute approximate surface area is 124 Å². The van der Waals surface area contributed by atoms with Crippen molar-refractivity contribution in [2.24, 2.45) is 0 Å². The van der Waals surface area contributed by atoms with E-state index in [-0.39, 0.29) is 10.9 Å². The maximum Gasteiger partial charge on any atom is 0.283 e. The van der Waals surface area contributed by atoms with Crippen molar-refractivity contribution in [3.8, 4) is 0 Å². The highest BCUT2D eigenvalue weighted by molar-refractivity contribution is 9.10. The van der Waals surface area contributed by atoms with E-state index < -0.39 is 0 Å². The van der Waals surface area contributed by atoms with E-state index in [1.807, 2.05) is 18.2 Å². The molecule has 4 nitrogen and oxygen atoms in total. The number of amides is 1. The van der Waals surface area contributed by atoms with Gasteiger partial charge in [0.15, 0.2) is 4.99 Å². The number of carbonyl (C=O) groups excluding carboxylic acids is 1. The van der Waals surface area contributed by atoms with Crippen LogP contribution in [-0.2, 0) is 11.3 Å². The van der Waals surface area contributed by atoms with Gasteiger partial charge in [-0.2, -0.15) is 0 Å². The van der Waals surface area contributed by atoms with Crippen molar-refractivity contribution in [1.29, 1.82) is 0 Å². The molecule has 0 fully saturated rings. The predicted octanol–water partition coefficient (Wildman–Crippen LogP) is 3.10. The summed E-state index contributed by atoms with van der Waals surface area (Å²) in [5.74, 6) is 0.377. The number of halogens is 1. The van der Waals surface area contributed by atoms with Crippen molar-refractivity contribution >= 4 is 44.7 Å². The molecule has 2 N–H and O–H groups in total. The molecule has 2 rings (SSSR count). The standard InChI is InChI=1S/C13H11BrN2O2S/c14-9-3-5-10(6-4-9)16-12(17)13(19)15-8-11-2-1-7-18-11/h1-7H,8H2,(H,15,19)(H,16,17). The highest BCUT2D eigenvalue weighted by atomic mass is 79.9. The van der Waals surface area contributed by atoms with Crippen LogP contribution in [0.25, 0.3) is 0 Å². The summed E-state index contributed by atoms with van der Waals surface area (Å²) < 4.78 is 6.08. The average molecular weight is 339 g/mol. The fourth-order valence-electron chi connectivity index (χ4n) is 1.38. The van der Waals surface area contributed by atoms with Gasteiger partial charge < -0.3 is 15.1 Å². The normalized spacial score (nSPS) is 9.95. The second-order valence-corrected chi connectivity index (χ2v) is 5.05. The molecule has 98 valence electrons. The Morgan fingerprint density at radius 2 is 2.00 bits per heavy atom. The summed E-state index contributed by atoms with van der Waals surface area (Å²) in [4.78, 5) is 11.9. The van der Waals surface area contributed by atoms with Gasteiger partial charge in [-0.15, -0.1) is 0 Å². The topological polar surface area (TPSA) is 54.3 Å². The van der Waals surface area contributed by atoms with Gasteiger partial charge in [-0.1, -0.05) is 28.1 Å². The molecule has 0 saturated carbocycles. The summed E-state index contributed by atoms with van der Waals surface area (Å²) >= 11 is 8.33. The van der Waals surface area contributed by atoms with Crippen molar-refractivity contribution in [1.82, 2.24) is 5.32 Å². The monoisotopic (exact) mass is 338 g/mol. The van der Waals surface area contributed by atoms with Crippen LogP contribution < -0.4 is 10.6 Å². The first-order valence-electron chi connectivity index (χ1n) is 5.52. The molecule has 0 unspecified atom stereocenters. The zero-order valence-electron chi connectivity index (χ0n) is 9.85. The van der Waals surface area contributed by atoms with Crippen molar-refractivity contribution < 1.29 is 9.21 Å². The first-order chi connectivity index (χ1) is 9.15. The number of benzene rings is 1. The highest BCUT2D eigenvalue weighted by Gasteiger charge is 2.09. The summed E-state index contributed by atoms with van der Waals surface area (Å²) in [5.41, 5.74) is 0.690. The molecule has 0 aliphatic carbocycles. The molecule has 19 heavy (non-hydrogen) atoms. The van der Waals surface area contributed by atoms with Crippen molar-refractivity contribution in [2.75, 3.05) is 5.32 Å². The molecule has 0 radical (unpaired) electrons. The molecule has 0 spiro atoms. The molecule has 1 aromatic carbocycles. The van der Waals surface area contributed by atoms with Crippen LogP contribution in [0.3, 0.4) is 0 Å². The molecular weight excluding hydrogens is 328 g/mol. The molecule has 1 heterocycles. The molecular formula is C13H11BrN2O2S. The van der Waals surface area contributed by atoms with Gasteiger partial charge in [-0.3, -0.25) is 4.79 Å². The Hall–Kier alpha value is -1.66. The minimum atomic E-state index is -0.344. The number of hydrogen-bond acceptors (Lipinski definition) is 3. The van der Waals surface area contributed by atoms with Gasteiger partial charge in [0.1, 0.15) is 5.76 Å².